The molecule has 0 radical (unpaired) electrons. The first-order chi connectivity index (χ1) is 12.4. The van der Waals surface area contributed by atoms with E-state index in [1.807, 2.05) is 13.8 Å². The van der Waals surface area contributed by atoms with Gasteiger partial charge in [-0.2, -0.15) is 5.10 Å². The van der Waals surface area contributed by atoms with Gasteiger partial charge in [-0.25, -0.2) is 5.43 Å². The van der Waals surface area contributed by atoms with Gasteiger partial charge in [0.25, 0.3) is 5.91 Å². The number of benzene rings is 2. The Balaban J connectivity index is 1.91. The maximum atomic E-state index is 11.8. The van der Waals surface area contributed by atoms with Gasteiger partial charge in [-0.1, -0.05) is 11.6 Å². The number of hydrogen-bond acceptors (Lipinski definition) is 5. The van der Waals surface area contributed by atoms with Gasteiger partial charge in [0.05, 0.1) is 17.3 Å². The van der Waals surface area contributed by atoms with Crippen LogP contribution in [0.25, 0.3) is 0 Å². The highest BCUT2D eigenvalue weighted by Gasteiger charge is 2.08. The Kier molecular flexibility index (Phi) is 7.29. The number of nitrogens with zero attached hydrogens (tertiary/aromatic N) is 1. The summed E-state index contributed by atoms with van der Waals surface area (Å²) >= 11 is 9.18. The zero-order chi connectivity index (χ0) is 19.1. The number of halogens is 2. The minimum Gasteiger partial charge on any atom is -0.503 e. The molecule has 8 heteroatoms. The SMILES string of the molecule is CCOc1cc(/C=N\NC(=O)COc2ccc(Cl)c(C)c2)cc(Br)c1O. The first kappa shape index (κ1) is 20.1. The van der Waals surface area contributed by atoms with Crippen molar-refractivity contribution in [2.45, 2.75) is 13.8 Å². The third-order valence-electron chi connectivity index (χ3n) is 3.25. The van der Waals surface area contributed by atoms with Gasteiger partial charge in [-0.05, 0) is 71.2 Å². The summed E-state index contributed by atoms with van der Waals surface area (Å²) in [5.74, 6) is 0.488. The van der Waals surface area contributed by atoms with Crippen LogP contribution in [0.5, 0.6) is 17.2 Å². The molecule has 0 unspecified atom stereocenters. The van der Waals surface area contributed by atoms with Crippen molar-refractivity contribution in [3.63, 3.8) is 0 Å². The third kappa shape index (κ3) is 5.64. The Morgan fingerprint density at radius 2 is 2.12 bits per heavy atom. The van der Waals surface area contributed by atoms with Gasteiger partial charge < -0.3 is 14.6 Å². The predicted octanol–water partition coefficient (Wildman–Crippen LogP) is 4.04. The fourth-order valence-corrected chi connectivity index (χ4v) is 2.58. The van der Waals surface area contributed by atoms with Crippen molar-refractivity contribution in [3.05, 3.63) is 51.0 Å². The van der Waals surface area contributed by atoms with Crippen LogP contribution < -0.4 is 14.9 Å². The lowest BCUT2D eigenvalue weighted by atomic mass is 10.2. The fourth-order valence-electron chi connectivity index (χ4n) is 2.00. The Labute approximate surface area is 164 Å². The van der Waals surface area contributed by atoms with Crippen LogP contribution in [-0.4, -0.2) is 30.4 Å². The molecule has 0 saturated carbocycles. The monoisotopic (exact) mass is 440 g/mol. The van der Waals surface area contributed by atoms with E-state index in [1.54, 1.807) is 30.3 Å². The van der Waals surface area contributed by atoms with Gasteiger partial charge in [0.1, 0.15) is 5.75 Å². The molecule has 0 saturated heterocycles. The van der Waals surface area contributed by atoms with Crippen LogP contribution in [0.3, 0.4) is 0 Å². The standard InChI is InChI=1S/C18H18BrClN2O4/c1-3-25-16-8-12(7-14(19)18(16)24)9-21-22-17(23)10-26-13-4-5-15(20)11(2)6-13/h4-9,24H,3,10H2,1-2H3,(H,22,23)/b21-9-. The summed E-state index contributed by atoms with van der Waals surface area (Å²) in [7, 11) is 0. The second kappa shape index (κ2) is 9.45. The molecule has 0 aliphatic rings. The summed E-state index contributed by atoms with van der Waals surface area (Å²) < 4.78 is 11.2. The molecule has 0 atom stereocenters. The highest BCUT2D eigenvalue weighted by Crippen LogP contribution is 2.35. The molecule has 0 aliphatic carbocycles. The van der Waals surface area contributed by atoms with Crippen LogP contribution >= 0.6 is 27.5 Å². The number of rotatable bonds is 7. The molecule has 0 aromatic heterocycles. The number of amides is 1. The minimum atomic E-state index is -0.406. The third-order valence-corrected chi connectivity index (χ3v) is 4.28. The molecule has 6 nitrogen and oxygen atoms in total. The first-order valence-electron chi connectivity index (χ1n) is 7.77. The van der Waals surface area contributed by atoms with E-state index in [9.17, 15) is 9.90 Å². The van der Waals surface area contributed by atoms with Gasteiger partial charge in [0.15, 0.2) is 18.1 Å². The number of nitrogens with one attached hydrogen (secondary N) is 1. The molecule has 26 heavy (non-hydrogen) atoms. The Hall–Kier alpha value is -2.25. The van der Waals surface area contributed by atoms with E-state index in [-0.39, 0.29) is 12.4 Å². The molecule has 2 N–H and O–H groups in total. The molecule has 1 amide bonds. The first-order valence-corrected chi connectivity index (χ1v) is 8.94. The van der Waals surface area contributed by atoms with Crippen LogP contribution in [0, 0.1) is 6.92 Å². The summed E-state index contributed by atoms with van der Waals surface area (Å²) in [6, 6.07) is 8.42. The maximum Gasteiger partial charge on any atom is 0.277 e. The number of carbonyl (C=O) groups is 1. The number of aryl methyl sites for hydroxylation is 1. The lowest BCUT2D eigenvalue weighted by molar-refractivity contribution is -0.123. The minimum absolute atomic E-state index is 0.0136. The number of hydrazone groups is 1. The molecule has 138 valence electrons. The summed E-state index contributed by atoms with van der Waals surface area (Å²) in [6.45, 7) is 3.91. The van der Waals surface area contributed by atoms with E-state index in [0.29, 0.717) is 33.2 Å². The van der Waals surface area contributed by atoms with Crippen LogP contribution in [0.2, 0.25) is 5.02 Å². The van der Waals surface area contributed by atoms with E-state index in [2.05, 4.69) is 26.5 Å². The van der Waals surface area contributed by atoms with Crippen LogP contribution in [0.15, 0.2) is 39.9 Å². The normalized spacial score (nSPS) is 10.8. The smallest absolute Gasteiger partial charge is 0.277 e. The van der Waals surface area contributed by atoms with Crippen molar-refractivity contribution in [1.29, 1.82) is 0 Å². The predicted molar refractivity (Wildman–Crippen MR) is 104 cm³/mol. The molecule has 2 aromatic rings. The number of phenolic OH excluding ortho intramolecular Hbond substituents is 1. The van der Waals surface area contributed by atoms with Crippen molar-refractivity contribution in [2.75, 3.05) is 13.2 Å². The van der Waals surface area contributed by atoms with Gasteiger partial charge in [0, 0.05) is 5.02 Å². The highest BCUT2D eigenvalue weighted by atomic mass is 79.9. The number of carbonyl (C=O) groups excluding carboxylic acids is 1. The second-order valence-corrected chi connectivity index (χ2v) is 6.54. The molecule has 0 aliphatic heterocycles. The van der Waals surface area contributed by atoms with Crippen molar-refractivity contribution < 1.29 is 19.4 Å². The Morgan fingerprint density at radius 3 is 2.81 bits per heavy atom. The molecule has 0 fully saturated rings. The Morgan fingerprint density at radius 1 is 1.35 bits per heavy atom. The quantitative estimate of drug-likeness (QED) is 0.502. The highest BCUT2D eigenvalue weighted by molar-refractivity contribution is 9.10. The lowest BCUT2D eigenvalue weighted by Crippen LogP contribution is -2.24. The van der Waals surface area contributed by atoms with Gasteiger partial charge >= 0.3 is 0 Å². The van der Waals surface area contributed by atoms with Crippen molar-refractivity contribution in [3.8, 4) is 17.2 Å². The second-order valence-electron chi connectivity index (χ2n) is 5.28. The summed E-state index contributed by atoms with van der Waals surface area (Å²) in [5.41, 5.74) is 3.89. The molecule has 0 spiro atoms. The summed E-state index contributed by atoms with van der Waals surface area (Å²) in [4.78, 5) is 11.8. The summed E-state index contributed by atoms with van der Waals surface area (Å²) in [5, 5.41) is 14.4. The molecular weight excluding hydrogens is 424 g/mol. The van der Waals surface area contributed by atoms with Crippen LogP contribution in [0.1, 0.15) is 18.1 Å². The zero-order valence-corrected chi connectivity index (χ0v) is 16.6. The van der Waals surface area contributed by atoms with Gasteiger partial charge in [-0.15, -0.1) is 0 Å². The molecule has 2 aromatic carbocycles. The average molecular weight is 442 g/mol. The van der Waals surface area contributed by atoms with Crippen LogP contribution in [-0.2, 0) is 4.79 Å². The lowest BCUT2D eigenvalue weighted by Gasteiger charge is -2.08. The number of hydrogen-bond donors (Lipinski definition) is 2. The van der Waals surface area contributed by atoms with E-state index in [1.165, 1.54) is 6.21 Å². The van der Waals surface area contributed by atoms with E-state index >= 15 is 0 Å². The van der Waals surface area contributed by atoms with Crippen molar-refractivity contribution >= 4 is 39.7 Å². The van der Waals surface area contributed by atoms with E-state index < -0.39 is 5.91 Å². The van der Waals surface area contributed by atoms with Crippen LogP contribution in [0.4, 0.5) is 0 Å². The zero-order valence-electron chi connectivity index (χ0n) is 14.3. The largest absolute Gasteiger partial charge is 0.503 e. The van der Waals surface area contributed by atoms with E-state index in [0.717, 1.165) is 5.56 Å². The fraction of sp³-hybridized carbons (Fsp3) is 0.222. The van der Waals surface area contributed by atoms with Gasteiger partial charge in [0.2, 0.25) is 0 Å². The van der Waals surface area contributed by atoms with Crippen molar-refractivity contribution in [1.82, 2.24) is 5.43 Å². The Bertz CT molecular complexity index is 827. The summed E-state index contributed by atoms with van der Waals surface area (Å²) in [6.07, 6.45) is 1.44. The topological polar surface area (TPSA) is 80.2 Å². The van der Waals surface area contributed by atoms with E-state index in [4.69, 9.17) is 21.1 Å². The average Bonchev–Trinajstić information content (AvgIpc) is 2.60. The molecule has 0 heterocycles. The van der Waals surface area contributed by atoms with Gasteiger partial charge in [-0.3, -0.25) is 4.79 Å². The van der Waals surface area contributed by atoms with Crippen molar-refractivity contribution in [2.24, 2.45) is 5.10 Å². The molecular formula is C18H18BrClN2O4. The molecule has 2 rings (SSSR count). The number of aromatic hydroxyl groups is 1. The molecule has 0 bridgehead atoms. The number of ether oxygens (including phenoxy) is 2. The number of phenols is 1. The maximum absolute atomic E-state index is 11.8.